The number of amides is 1. The van der Waals surface area contributed by atoms with E-state index in [9.17, 15) is 14.4 Å². The number of fused-ring (bicyclic) bond motifs is 1. The first-order chi connectivity index (χ1) is 13.6. The van der Waals surface area contributed by atoms with Crippen LogP contribution in [-0.4, -0.2) is 30.8 Å². The number of nitrogens with one attached hydrogen (secondary N) is 1. The van der Waals surface area contributed by atoms with Crippen molar-refractivity contribution in [1.29, 1.82) is 0 Å². The van der Waals surface area contributed by atoms with Crippen molar-refractivity contribution in [2.24, 2.45) is 14.1 Å². The lowest BCUT2D eigenvalue weighted by molar-refractivity contribution is -0.118. The Hall–Kier alpha value is -2.46. The molecule has 0 radical (unpaired) electrons. The largest absolute Gasteiger partial charge is 0.350 e. The number of thiophene rings is 1. The van der Waals surface area contributed by atoms with Gasteiger partial charge in [-0.3, -0.25) is 18.7 Å². The maximum absolute atomic E-state index is 12.8. The number of aromatic nitrogens is 4. The Morgan fingerprint density at radius 3 is 2.55 bits per heavy atom. The summed E-state index contributed by atoms with van der Waals surface area (Å²) < 4.78 is 2.37. The van der Waals surface area contributed by atoms with E-state index < -0.39 is 11.2 Å². The second-order valence-electron chi connectivity index (χ2n) is 7.65. The van der Waals surface area contributed by atoms with Gasteiger partial charge in [0.15, 0.2) is 5.65 Å². The normalized spacial score (nSPS) is 11.8. The van der Waals surface area contributed by atoms with E-state index in [0.29, 0.717) is 17.4 Å². The Balaban J connectivity index is 1.98. The first-order valence-electron chi connectivity index (χ1n) is 8.99. The molecule has 154 valence electrons. The molecule has 3 aromatic heterocycles. The molecule has 0 fully saturated rings. The summed E-state index contributed by atoms with van der Waals surface area (Å²) in [7, 11) is 3.00. The number of hydrogen-bond acceptors (Lipinski definition) is 7. The van der Waals surface area contributed by atoms with Gasteiger partial charge in [-0.05, 0) is 11.4 Å². The van der Waals surface area contributed by atoms with Crippen LogP contribution in [0.15, 0.2) is 32.1 Å². The third-order valence-electron chi connectivity index (χ3n) is 4.32. The SMILES string of the molecule is Cn1c(=O)c2c(SCC(=O)NCc3cccs3)nc(C(C)(C)C)nc2n(C)c1=O. The summed E-state index contributed by atoms with van der Waals surface area (Å²) in [6.07, 6.45) is 0. The quantitative estimate of drug-likeness (QED) is 0.487. The van der Waals surface area contributed by atoms with Crippen LogP contribution in [0, 0.1) is 0 Å². The van der Waals surface area contributed by atoms with E-state index in [1.54, 1.807) is 18.4 Å². The van der Waals surface area contributed by atoms with Gasteiger partial charge < -0.3 is 5.32 Å². The highest BCUT2D eigenvalue weighted by atomic mass is 32.2. The second-order valence-corrected chi connectivity index (χ2v) is 9.65. The number of carbonyl (C=O) groups is 1. The summed E-state index contributed by atoms with van der Waals surface area (Å²) >= 11 is 2.75. The van der Waals surface area contributed by atoms with Crippen molar-refractivity contribution in [1.82, 2.24) is 24.4 Å². The fourth-order valence-corrected chi connectivity index (χ4v) is 4.14. The molecule has 0 aliphatic heterocycles. The maximum Gasteiger partial charge on any atom is 0.332 e. The number of nitrogens with zero attached hydrogens (tertiary/aromatic N) is 4. The van der Waals surface area contributed by atoms with Gasteiger partial charge in [-0.2, -0.15) is 0 Å². The summed E-state index contributed by atoms with van der Waals surface area (Å²) in [6.45, 7) is 6.32. The van der Waals surface area contributed by atoms with Gasteiger partial charge in [0.1, 0.15) is 16.2 Å². The minimum atomic E-state index is -0.468. The average molecular weight is 434 g/mol. The van der Waals surface area contributed by atoms with Crippen LogP contribution in [0.2, 0.25) is 0 Å². The van der Waals surface area contributed by atoms with E-state index in [-0.39, 0.29) is 28.1 Å². The fourth-order valence-electron chi connectivity index (χ4n) is 2.65. The molecule has 1 N–H and O–H groups in total. The second kappa shape index (κ2) is 8.11. The molecule has 8 nitrogen and oxygen atoms in total. The van der Waals surface area contributed by atoms with Gasteiger partial charge in [0.05, 0.1) is 12.3 Å². The van der Waals surface area contributed by atoms with E-state index in [1.807, 2.05) is 38.3 Å². The Morgan fingerprint density at radius 2 is 1.93 bits per heavy atom. The minimum Gasteiger partial charge on any atom is -0.350 e. The molecule has 10 heteroatoms. The zero-order valence-corrected chi connectivity index (χ0v) is 18.6. The molecule has 0 saturated heterocycles. The molecule has 3 heterocycles. The lowest BCUT2D eigenvalue weighted by Gasteiger charge is -2.19. The third kappa shape index (κ3) is 4.43. The molecule has 0 aliphatic carbocycles. The van der Waals surface area contributed by atoms with E-state index in [1.165, 1.54) is 23.4 Å². The van der Waals surface area contributed by atoms with Gasteiger partial charge in [-0.15, -0.1) is 11.3 Å². The number of carbonyl (C=O) groups excluding carboxylic acids is 1. The minimum absolute atomic E-state index is 0.104. The molecule has 0 aliphatic rings. The third-order valence-corrected chi connectivity index (χ3v) is 6.17. The highest BCUT2D eigenvalue weighted by Crippen LogP contribution is 2.26. The smallest absolute Gasteiger partial charge is 0.332 e. The van der Waals surface area contributed by atoms with Crippen molar-refractivity contribution >= 4 is 40.0 Å². The Labute approximate surface area is 176 Å². The summed E-state index contributed by atoms with van der Waals surface area (Å²) in [4.78, 5) is 47.5. The first kappa shape index (κ1) is 21.3. The topological polar surface area (TPSA) is 98.9 Å². The standard InChI is InChI=1S/C19H23N5O3S2/c1-19(2,3)17-21-14-13(16(26)24(5)18(27)23(14)4)15(22-17)29-10-12(25)20-9-11-7-6-8-28-11/h6-8H,9-10H2,1-5H3,(H,20,25). The summed E-state index contributed by atoms with van der Waals surface area (Å²) in [5, 5.41) is 5.47. The molecule has 0 bridgehead atoms. The van der Waals surface area contributed by atoms with Gasteiger partial charge in [0, 0.05) is 24.4 Å². The Morgan fingerprint density at radius 1 is 1.21 bits per heavy atom. The van der Waals surface area contributed by atoms with Crippen molar-refractivity contribution in [3.8, 4) is 0 Å². The molecule has 0 unspecified atom stereocenters. The lowest BCUT2D eigenvalue weighted by atomic mass is 9.96. The lowest BCUT2D eigenvalue weighted by Crippen LogP contribution is -2.38. The van der Waals surface area contributed by atoms with E-state index in [2.05, 4.69) is 15.3 Å². The molecule has 0 saturated carbocycles. The first-order valence-corrected chi connectivity index (χ1v) is 10.9. The van der Waals surface area contributed by atoms with Crippen molar-refractivity contribution in [3.05, 3.63) is 49.1 Å². The van der Waals surface area contributed by atoms with Crippen LogP contribution in [0.5, 0.6) is 0 Å². The van der Waals surface area contributed by atoms with Crippen LogP contribution in [0.3, 0.4) is 0 Å². The van der Waals surface area contributed by atoms with Crippen LogP contribution in [0.4, 0.5) is 0 Å². The van der Waals surface area contributed by atoms with Gasteiger partial charge in [-0.25, -0.2) is 14.8 Å². The highest BCUT2D eigenvalue weighted by Gasteiger charge is 2.24. The van der Waals surface area contributed by atoms with Gasteiger partial charge in [0.25, 0.3) is 5.56 Å². The Kier molecular flexibility index (Phi) is 5.95. The van der Waals surface area contributed by atoms with E-state index >= 15 is 0 Å². The predicted octanol–water partition coefficient (Wildman–Crippen LogP) is 1.79. The monoisotopic (exact) mass is 433 g/mol. The zero-order valence-electron chi connectivity index (χ0n) is 17.0. The zero-order chi connectivity index (χ0) is 21.3. The van der Waals surface area contributed by atoms with Crippen molar-refractivity contribution < 1.29 is 4.79 Å². The number of aryl methyl sites for hydroxylation is 1. The predicted molar refractivity (Wildman–Crippen MR) is 116 cm³/mol. The number of thioether (sulfide) groups is 1. The fraction of sp³-hybridized carbons (Fsp3) is 0.421. The molecule has 0 aromatic carbocycles. The van der Waals surface area contributed by atoms with Gasteiger partial charge in [0.2, 0.25) is 5.91 Å². The van der Waals surface area contributed by atoms with Crippen LogP contribution in [0.1, 0.15) is 31.5 Å². The number of rotatable bonds is 5. The summed E-state index contributed by atoms with van der Waals surface area (Å²) in [5.41, 5.74) is -1.03. The molecule has 0 atom stereocenters. The van der Waals surface area contributed by atoms with Crippen molar-refractivity contribution in [3.63, 3.8) is 0 Å². The van der Waals surface area contributed by atoms with Crippen LogP contribution < -0.4 is 16.6 Å². The average Bonchev–Trinajstić information content (AvgIpc) is 3.19. The Bertz CT molecular complexity index is 1170. The van der Waals surface area contributed by atoms with Crippen molar-refractivity contribution in [2.45, 2.75) is 37.8 Å². The molecular weight excluding hydrogens is 410 g/mol. The molecule has 3 aromatic rings. The molecule has 0 spiro atoms. The summed E-state index contributed by atoms with van der Waals surface area (Å²) in [5.74, 6) is 0.455. The van der Waals surface area contributed by atoms with Crippen molar-refractivity contribution in [2.75, 3.05) is 5.75 Å². The van der Waals surface area contributed by atoms with Crippen LogP contribution in [0.25, 0.3) is 11.0 Å². The molecule has 3 rings (SSSR count). The van der Waals surface area contributed by atoms with Gasteiger partial charge in [-0.1, -0.05) is 38.6 Å². The van der Waals surface area contributed by atoms with Gasteiger partial charge >= 0.3 is 5.69 Å². The van der Waals surface area contributed by atoms with Crippen LogP contribution in [-0.2, 0) is 30.8 Å². The highest BCUT2D eigenvalue weighted by molar-refractivity contribution is 8.00. The maximum atomic E-state index is 12.8. The molecular formula is C19H23N5O3S2. The van der Waals surface area contributed by atoms with Crippen LogP contribution >= 0.6 is 23.1 Å². The van der Waals surface area contributed by atoms with E-state index in [0.717, 1.165) is 9.44 Å². The summed E-state index contributed by atoms with van der Waals surface area (Å²) in [6, 6.07) is 3.89. The molecule has 29 heavy (non-hydrogen) atoms. The molecule has 1 amide bonds. The number of hydrogen-bond donors (Lipinski definition) is 1. The van der Waals surface area contributed by atoms with E-state index in [4.69, 9.17) is 0 Å².